The van der Waals surface area contributed by atoms with Crippen LogP contribution in [0.3, 0.4) is 0 Å². The first-order valence-corrected chi connectivity index (χ1v) is 8.47. The lowest BCUT2D eigenvalue weighted by atomic mass is 10.1. The van der Waals surface area contributed by atoms with E-state index in [-0.39, 0.29) is 6.04 Å². The van der Waals surface area contributed by atoms with Crippen LogP contribution in [0.25, 0.3) is 0 Å². The lowest BCUT2D eigenvalue weighted by molar-refractivity contribution is 0.365. The van der Waals surface area contributed by atoms with E-state index in [9.17, 15) is 0 Å². The van der Waals surface area contributed by atoms with Gasteiger partial charge in [0.1, 0.15) is 0 Å². The molecule has 21 heavy (non-hydrogen) atoms. The first-order valence-electron chi connectivity index (χ1n) is 7.22. The molecule has 2 N–H and O–H groups in total. The molecule has 2 rings (SSSR count). The molecule has 0 fully saturated rings. The molecule has 0 saturated carbocycles. The van der Waals surface area contributed by atoms with Crippen LogP contribution in [-0.4, -0.2) is 35.3 Å². The van der Waals surface area contributed by atoms with Gasteiger partial charge in [0.25, 0.3) is 0 Å². The molecule has 0 aliphatic heterocycles. The SMILES string of the molecule is CN(C)CCn1ncc(Cl)c1C(N)CCCc1cccs1. The summed E-state index contributed by atoms with van der Waals surface area (Å²) in [5, 5.41) is 7.14. The first kappa shape index (κ1) is 16.5. The number of hydrogen-bond acceptors (Lipinski definition) is 4. The van der Waals surface area contributed by atoms with Crippen LogP contribution in [0.5, 0.6) is 0 Å². The summed E-state index contributed by atoms with van der Waals surface area (Å²) in [7, 11) is 4.09. The zero-order chi connectivity index (χ0) is 15.2. The van der Waals surface area contributed by atoms with E-state index in [0.717, 1.165) is 38.0 Å². The van der Waals surface area contributed by atoms with Crippen LogP contribution in [0.1, 0.15) is 29.5 Å². The summed E-state index contributed by atoms with van der Waals surface area (Å²) in [5.74, 6) is 0. The molecule has 0 spiro atoms. The quantitative estimate of drug-likeness (QED) is 0.810. The highest BCUT2D eigenvalue weighted by atomic mass is 35.5. The van der Waals surface area contributed by atoms with E-state index in [4.69, 9.17) is 17.3 Å². The molecule has 0 aromatic carbocycles. The van der Waals surface area contributed by atoms with Crippen LogP contribution in [0.2, 0.25) is 5.02 Å². The van der Waals surface area contributed by atoms with Crippen molar-refractivity contribution in [1.82, 2.24) is 14.7 Å². The van der Waals surface area contributed by atoms with E-state index in [0.29, 0.717) is 5.02 Å². The van der Waals surface area contributed by atoms with Crippen molar-refractivity contribution in [2.24, 2.45) is 5.73 Å². The molecule has 2 heterocycles. The van der Waals surface area contributed by atoms with Gasteiger partial charge < -0.3 is 10.6 Å². The average Bonchev–Trinajstić information content (AvgIpc) is 3.06. The van der Waals surface area contributed by atoms with Crippen LogP contribution >= 0.6 is 22.9 Å². The van der Waals surface area contributed by atoms with Gasteiger partial charge in [-0.3, -0.25) is 4.68 Å². The largest absolute Gasteiger partial charge is 0.323 e. The summed E-state index contributed by atoms with van der Waals surface area (Å²) in [4.78, 5) is 3.54. The van der Waals surface area contributed by atoms with Crippen LogP contribution in [-0.2, 0) is 13.0 Å². The molecule has 0 saturated heterocycles. The third-order valence-electron chi connectivity index (χ3n) is 3.46. The second kappa shape index (κ2) is 7.94. The highest BCUT2D eigenvalue weighted by Crippen LogP contribution is 2.25. The minimum atomic E-state index is -0.0536. The minimum Gasteiger partial charge on any atom is -0.323 e. The van der Waals surface area contributed by atoms with Crippen LogP contribution < -0.4 is 5.73 Å². The van der Waals surface area contributed by atoms with Crippen molar-refractivity contribution in [3.05, 3.63) is 39.3 Å². The van der Waals surface area contributed by atoms with Crippen molar-refractivity contribution in [2.45, 2.75) is 31.8 Å². The molecule has 0 radical (unpaired) electrons. The topological polar surface area (TPSA) is 47.1 Å². The maximum atomic E-state index is 6.33. The Morgan fingerprint density at radius 3 is 2.95 bits per heavy atom. The maximum Gasteiger partial charge on any atom is 0.0834 e. The van der Waals surface area contributed by atoms with Crippen molar-refractivity contribution in [2.75, 3.05) is 20.6 Å². The number of hydrogen-bond donors (Lipinski definition) is 1. The minimum absolute atomic E-state index is 0.0536. The van der Waals surface area contributed by atoms with Crippen molar-refractivity contribution in [1.29, 1.82) is 0 Å². The Morgan fingerprint density at radius 2 is 2.29 bits per heavy atom. The number of nitrogens with zero attached hydrogens (tertiary/aromatic N) is 3. The number of thiophene rings is 1. The van der Waals surface area contributed by atoms with Gasteiger partial charge in [-0.15, -0.1) is 11.3 Å². The van der Waals surface area contributed by atoms with Crippen molar-refractivity contribution >= 4 is 22.9 Å². The predicted octanol–water partition coefficient (Wildman–Crippen LogP) is 3.18. The molecule has 0 aliphatic carbocycles. The van der Waals surface area contributed by atoms with Gasteiger partial charge in [0.05, 0.1) is 23.5 Å². The number of aryl methyl sites for hydroxylation is 1. The molecule has 0 amide bonds. The molecule has 6 heteroatoms. The van der Waals surface area contributed by atoms with Gasteiger partial charge in [-0.25, -0.2) is 0 Å². The third kappa shape index (κ3) is 4.81. The van der Waals surface area contributed by atoms with E-state index in [1.807, 2.05) is 18.8 Å². The fraction of sp³-hybridized carbons (Fsp3) is 0.533. The Labute approximate surface area is 135 Å². The highest BCUT2D eigenvalue weighted by Gasteiger charge is 2.16. The third-order valence-corrected chi connectivity index (χ3v) is 4.69. The lowest BCUT2D eigenvalue weighted by Crippen LogP contribution is -2.23. The zero-order valence-corrected chi connectivity index (χ0v) is 14.2. The molecule has 0 aliphatic rings. The predicted molar refractivity (Wildman–Crippen MR) is 90.0 cm³/mol. The van der Waals surface area contributed by atoms with E-state index in [1.165, 1.54) is 4.88 Å². The van der Waals surface area contributed by atoms with E-state index < -0.39 is 0 Å². The van der Waals surface area contributed by atoms with Crippen LogP contribution in [0.4, 0.5) is 0 Å². The molecule has 116 valence electrons. The Hall–Kier alpha value is -0.880. The standard InChI is InChI=1S/C15H23ClN4S/c1-19(2)8-9-20-15(13(16)11-18-20)14(17)7-3-5-12-6-4-10-21-12/h4,6,10-11,14H,3,5,7-9,17H2,1-2H3. The smallest absolute Gasteiger partial charge is 0.0834 e. The summed E-state index contributed by atoms with van der Waals surface area (Å²) in [5.41, 5.74) is 7.29. The number of nitrogens with two attached hydrogens (primary N) is 1. The van der Waals surface area contributed by atoms with Gasteiger partial charge in [-0.2, -0.15) is 5.10 Å². The molecule has 4 nitrogen and oxygen atoms in total. The van der Waals surface area contributed by atoms with Gasteiger partial charge in [-0.1, -0.05) is 17.7 Å². The Kier molecular flexibility index (Phi) is 6.23. The number of aromatic nitrogens is 2. The van der Waals surface area contributed by atoms with Crippen LogP contribution in [0.15, 0.2) is 23.7 Å². The molecule has 2 aromatic heterocycles. The molecular weight excluding hydrogens is 304 g/mol. The summed E-state index contributed by atoms with van der Waals surface area (Å²) in [6.07, 6.45) is 4.77. The van der Waals surface area contributed by atoms with Crippen molar-refractivity contribution < 1.29 is 0 Å². The van der Waals surface area contributed by atoms with Crippen molar-refractivity contribution in [3.63, 3.8) is 0 Å². The average molecular weight is 327 g/mol. The Bertz CT molecular complexity index is 536. The fourth-order valence-corrected chi connectivity index (χ4v) is 3.33. The van der Waals surface area contributed by atoms with Gasteiger partial charge in [0.15, 0.2) is 0 Å². The lowest BCUT2D eigenvalue weighted by Gasteiger charge is -2.16. The zero-order valence-electron chi connectivity index (χ0n) is 12.6. The van der Waals surface area contributed by atoms with Gasteiger partial charge in [0, 0.05) is 17.5 Å². The Balaban J connectivity index is 1.91. The fourth-order valence-electron chi connectivity index (χ4n) is 2.30. The maximum absolute atomic E-state index is 6.33. The van der Waals surface area contributed by atoms with Gasteiger partial charge in [0.2, 0.25) is 0 Å². The normalized spacial score (nSPS) is 13.0. The monoisotopic (exact) mass is 326 g/mol. The first-order chi connectivity index (χ1) is 10.1. The van der Waals surface area contributed by atoms with E-state index in [2.05, 4.69) is 27.5 Å². The molecule has 1 atom stereocenters. The second-order valence-electron chi connectivity index (χ2n) is 5.48. The summed E-state index contributed by atoms with van der Waals surface area (Å²) < 4.78 is 1.94. The second-order valence-corrected chi connectivity index (χ2v) is 6.92. The molecule has 0 bridgehead atoms. The number of likely N-dealkylation sites (N-methyl/N-ethyl adjacent to an activating group) is 1. The number of rotatable bonds is 8. The summed E-state index contributed by atoms with van der Waals surface area (Å²) in [6.45, 7) is 1.74. The van der Waals surface area contributed by atoms with Crippen LogP contribution in [0, 0.1) is 0 Å². The Morgan fingerprint density at radius 1 is 1.48 bits per heavy atom. The number of halogens is 1. The summed E-state index contributed by atoms with van der Waals surface area (Å²) in [6, 6.07) is 4.21. The molecule has 2 aromatic rings. The molecular formula is C15H23ClN4S. The van der Waals surface area contributed by atoms with Gasteiger partial charge in [-0.05, 0) is 44.8 Å². The van der Waals surface area contributed by atoms with Crippen molar-refractivity contribution in [3.8, 4) is 0 Å². The summed E-state index contributed by atoms with van der Waals surface area (Å²) >= 11 is 8.06. The van der Waals surface area contributed by atoms with Gasteiger partial charge >= 0.3 is 0 Å². The van der Waals surface area contributed by atoms with E-state index >= 15 is 0 Å². The molecule has 1 unspecified atom stereocenters. The van der Waals surface area contributed by atoms with E-state index in [1.54, 1.807) is 17.5 Å². The highest BCUT2D eigenvalue weighted by molar-refractivity contribution is 7.09.